The number of hydrogen-bond donors (Lipinski definition) is 0. The molecule has 0 spiro atoms. The van der Waals surface area contributed by atoms with Gasteiger partial charge < -0.3 is 9.47 Å². The van der Waals surface area contributed by atoms with Crippen molar-refractivity contribution in [1.82, 2.24) is 0 Å². The molecule has 0 aromatic heterocycles. The first-order valence-electron chi connectivity index (χ1n) is 5.61. The number of halogens is 1. The summed E-state index contributed by atoms with van der Waals surface area (Å²) in [5.41, 5.74) is 0.383. The van der Waals surface area contributed by atoms with E-state index in [0.717, 1.165) is 30.4 Å². The van der Waals surface area contributed by atoms with Crippen molar-refractivity contribution in [3.63, 3.8) is 0 Å². The minimum Gasteiger partial charge on any atom is -0.497 e. The monoisotopic (exact) mass is 240 g/mol. The van der Waals surface area contributed by atoms with Gasteiger partial charge in [-0.1, -0.05) is 0 Å². The van der Waals surface area contributed by atoms with Crippen LogP contribution in [0.4, 0.5) is 0 Å². The lowest BCUT2D eigenvalue weighted by Gasteiger charge is -2.12. The van der Waals surface area contributed by atoms with E-state index in [0.29, 0.717) is 5.41 Å². The molecule has 16 heavy (non-hydrogen) atoms. The third kappa shape index (κ3) is 2.82. The molecule has 1 aliphatic carbocycles. The van der Waals surface area contributed by atoms with Gasteiger partial charge in [0.25, 0.3) is 0 Å². The maximum Gasteiger partial charge on any atom is 0.119 e. The molecule has 1 aromatic rings. The zero-order chi connectivity index (χ0) is 11.4. The van der Waals surface area contributed by atoms with Crippen molar-refractivity contribution in [2.75, 3.05) is 19.6 Å². The van der Waals surface area contributed by atoms with Gasteiger partial charge in [-0.15, -0.1) is 11.6 Å². The first kappa shape index (κ1) is 11.6. The number of rotatable bonds is 6. The SMILES string of the molecule is COc1ccc(OCCC2(CCl)CC2)cc1. The summed E-state index contributed by atoms with van der Waals surface area (Å²) in [4.78, 5) is 0. The van der Waals surface area contributed by atoms with Crippen LogP contribution in [0.25, 0.3) is 0 Å². The molecule has 0 heterocycles. The molecule has 1 fully saturated rings. The van der Waals surface area contributed by atoms with Crippen LogP contribution in [0.2, 0.25) is 0 Å². The van der Waals surface area contributed by atoms with Crippen molar-refractivity contribution in [3.8, 4) is 11.5 Å². The average Bonchev–Trinajstić information content (AvgIpc) is 3.11. The zero-order valence-corrected chi connectivity index (χ0v) is 10.3. The topological polar surface area (TPSA) is 18.5 Å². The van der Waals surface area contributed by atoms with Crippen LogP contribution < -0.4 is 9.47 Å². The van der Waals surface area contributed by atoms with Crippen molar-refractivity contribution in [2.24, 2.45) is 5.41 Å². The second kappa shape index (κ2) is 4.96. The van der Waals surface area contributed by atoms with Crippen LogP contribution in [0.3, 0.4) is 0 Å². The molecule has 1 aromatic carbocycles. The first-order chi connectivity index (χ1) is 7.78. The number of alkyl halides is 1. The number of benzene rings is 1. The third-order valence-electron chi connectivity index (χ3n) is 3.20. The predicted octanol–water partition coefficient (Wildman–Crippen LogP) is 3.48. The van der Waals surface area contributed by atoms with Gasteiger partial charge in [0.1, 0.15) is 11.5 Å². The Morgan fingerprint density at radius 1 is 1.19 bits per heavy atom. The molecule has 2 nitrogen and oxygen atoms in total. The van der Waals surface area contributed by atoms with Gasteiger partial charge in [-0.25, -0.2) is 0 Å². The van der Waals surface area contributed by atoms with Gasteiger partial charge in [-0.05, 0) is 48.9 Å². The summed E-state index contributed by atoms with van der Waals surface area (Å²) in [6.45, 7) is 0.749. The van der Waals surface area contributed by atoms with E-state index < -0.39 is 0 Å². The zero-order valence-electron chi connectivity index (χ0n) is 9.54. The highest BCUT2D eigenvalue weighted by atomic mass is 35.5. The quantitative estimate of drug-likeness (QED) is 0.709. The van der Waals surface area contributed by atoms with E-state index in [1.807, 2.05) is 24.3 Å². The fourth-order valence-corrected chi connectivity index (χ4v) is 2.09. The molecule has 88 valence electrons. The summed E-state index contributed by atoms with van der Waals surface area (Å²) in [6.07, 6.45) is 3.56. The summed E-state index contributed by atoms with van der Waals surface area (Å²) in [5, 5.41) is 0. The van der Waals surface area contributed by atoms with Crippen LogP contribution in [-0.2, 0) is 0 Å². The van der Waals surface area contributed by atoms with Gasteiger partial charge in [0.2, 0.25) is 0 Å². The molecule has 0 aliphatic heterocycles. The third-order valence-corrected chi connectivity index (χ3v) is 3.77. The minimum atomic E-state index is 0.383. The summed E-state index contributed by atoms with van der Waals surface area (Å²) < 4.78 is 10.8. The highest BCUT2D eigenvalue weighted by molar-refractivity contribution is 6.18. The van der Waals surface area contributed by atoms with Crippen molar-refractivity contribution in [3.05, 3.63) is 24.3 Å². The average molecular weight is 241 g/mol. The molecular formula is C13H17ClO2. The van der Waals surface area contributed by atoms with Gasteiger partial charge in [0.05, 0.1) is 13.7 Å². The van der Waals surface area contributed by atoms with E-state index in [-0.39, 0.29) is 0 Å². The maximum absolute atomic E-state index is 5.90. The van der Waals surface area contributed by atoms with E-state index in [2.05, 4.69) is 0 Å². The van der Waals surface area contributed by atoms with Crippen molar-refractivity contribution >= 4 is 11.6 Å². The van der Waals surface area contributed by atoms with Gasteiger partial charge in [0, 0.05) is 5.88 Å². The Labute approximate surface area is 102 Å². The second-order valence-corrected chi connectivity index (χ2v) is 4.67. The van der Waals surface area contributed by atoms with E-state index in [1.165, 1.54) is 12.8 Å². The lowest BCUT2D eigenvalue weighted by Crippen LogP contribution is -2.09. The Morgan fingerprint density at radius 2 is 1.81 bits per heavy atom. The highest BCUT2D eigenvalue weighted by Gasteiger charge is 2.41. The van der Waals surface area contributed by atoms with E-state index in [1.54, 1.807) is 7.11 Å². The van der Waals surface area contributed by atoms with E-state index in [4.69, 9.17) is 21.1 Å². The van der Waals surface area contributed by atoms with Crippen molar-refractivity contribution in [1.29, 1.82) is 0 Å². The first-order valence-corrected chi connectivity index (χ1v) is 6.14. The lowest BCUT2D eigenvalue weighted by atomic mass is 10.1. The number of methoxy groups -OCH3 is 1. The highest BCUT2D eigenvalue weighted by Crippen LogP contribution is 2.49. The number of ether oxygens (including phenoxy) is 2. The summed E-state index contributed by atoms with van der Waals surface area (Å²) in [5.74, 6) is 2.51. The molecule has 0 radical (unpaired) electrons. The molecule has 0 unspecified atom stereocenters. The van der Waals surface area contributed by atoms with Crippen LogP contribution in [0.1, 0.15) is 19.3 Å². The summed E-state index contributed by atoms with van der Waals surface area (Å²) >= 11 is 5.90. The molecule has 3 heteroatoms. The Balaban J connectivity index is 1.76. The largest absolute Gasteiger partial charge is 0.497 e. The second-order valence-electron chi connectivity index (χ2n) is 4.41. The standard InChI is InChI=1S/C13H17ClO2/c1-15-11-2-4-12(5-3-11)16-9-8-13(10-14)6-7-13/h2-5H,6-10H2,1H3. The predicted molar refractivity (Wildman–Crippen MR) is 65.5 cm³/mol. The molecule has 0 atom stereocenters. The number of hydrogen-bond acceptors (Lipinski definition) is 2. The Hall–Kier alpha value is -0.890. The smallest absolute Gasteiger partial charge is 0.119 e. The van der Waals surface area contributed by atoms with Gasteiger partial charge in [-0.3, -0.25) is 0 Å². The van der Waals surface area contributed by atoms with Crippen LogP contribution in [-0.4, -0.2) is 19.6 Å². The summed E-state index contributed by atoms with van der Waals surface area (Å²) in [7, 11) is 1.66. The van der Waals surface area contributed by atoms with Crippen LogP contribution >= 0.6 is 11.6 Å². The molecule has 0 amide bonds. The lowest BCUT2D eigenvalue weighted by molar-refractivity contribution is 0.278. The molecule has 0 N–H and O–H groups in total. The van der Waals surface area contributed by atoms with Crippen LogP contribution in [0, 0.1) is 5.41 Å². The van der Waals surface area contributed by atoms with Crippen LogP contribution in [0.15, 0.2) is 24.3 Å². The molecule has 1 aliphatic rings. The van der Waals surface area contributed by atoms with Gasteiger partial charge in [0.15, 0.2) is 0 Å². The Kier molecular flexibility index (Phi) is 3.59. The Bertz CT molecular complexity index is 330. The molecule has 2 rings (SSSR count). The van der Waals surface area contributed by atoms with E-state index in [9.17, 15) is 0 Å². The molecule has 1 saturated carbocycles. The van der Waals surface area contributed by atoms with Gasteiger partial charge in [-0.2, -0.15) is 0 Å². The van der Waals surface area contributed by atoms with E-state index >= 15 is 0 Å². The molecule has 0 saturated heterocycles. The fourth-order valence-electron chi connectivity index (χ4n) is 1.68. The summed E-state index contributed by atoms with van der Waals surface area (Å²) in [6, 6.07) is 7.67. The van der Waals surface area contributed by atoms with Crippen LogP contribution in [0.5, 0.6) is 11.5 Å². The molecule has 0 bridgehead atoms. The minimum absolute atomic E-state index is 0.383. The maximum atomic E-state index is 5.90. The fraction of sp³-hybridized carbons (Fsp3) is 0.538. The van der Waals surface area contributed by atoms with Crippen molar-refractivity contribution < 1.29 is 9.47 Å². The Morgan fingerprint density at radius 3 is 2.31 bits per heavy atom. The van der Waals surface area contributed by atoms with Gasteiger partial charge >= 0.3 is 0 Å². The van der Waals surface area contributed by atoms with Crippen molar-refractivity contribution in [2.45, 2.75) is 19.3 Å². The molecular weight excluding hydrogens is 224 g/mol. The normalized spacial score (nSPS) is 16.9.